The molecule has 2 aliphatic rings. The maximum Gasteiger partial charge on any atom is 0.0448 e. The van der Waals surface area contributed by atoms with Gasteiger partial charge in [0.1, 0.15) is 0 Å². The summed E-state index contributed by atoms with van der Waals surface area (Å²) in [4.78, 5) is 5.15. The first-order chi connectivity index (χ1) is 20.9. The van der Waals surface area contributed by atoms with Crippen LogP contribution in [0.5, 0.6) is 0 Å². The Morgan fingerprint density at radius 2 is 1.86 bits per heavy atom. The van der Waals surface area contributed by atoms with E-state index in [9.17, 15) is 0 Å². The molecule has 218 valence electrons. The maximum absolute atomic E-state index is 4.58. The van der Waals surface area contributed by atoms with E-state index in [1.165, 1.54) is 67.2 Å². The molecule has 0 saturated heterocycles. The molecule has 3 heteroatoms. The molecule has 0 spiro atoms. The predicted molar refractivity (Wildman–Crippen MR) is 201 cm³/mol. The molecular weight excluding hydrogens is 577 g/mol. The van der Waals surface area contributed by atoms with Crippen molar-refractivity contribution in [3.05, 3.63) is 123 Å². The quantitative estimate of drug-likeness (QED) is 0.248. The highest BCUT2D eigenvalue weighted by atomic mass is 32.1. The van der Waals surface area contributed by atoms with Crippen molar-refractivity contribution in [1.82, 2.24) is 0 Å². The van der Waals surface area contributed by atoms with Gasteiger partial charge in [-0.25, -0.2) is 0 Å². The van der Waals surface area contributed by atoms with Crippen molar-refractivity contribution >= 4 is 94.3 Å². The van der Waals surface area contributed by atoms with Gasteiger partial charge >= 0.3 is 0 Å². The lowest BCUT2D eigenvalue weighted by Crippen LogP contribution is -2.23. The summed E-state index contributed by atoms with van der Waals surface area (Å²) in [6.07, 6.45) is 33.2. The summed E-state index contributed by atoms with van der Waals surface area (Å²) < 4.78 is 2.43. The van der Waals surface area contributed by atoms with Crippen molar-refractivity contribution in [2.45, 2.75) is 47.5 Å². The topological polar surface area (TPSA) is 0 Å². The van der Waals surface area contributed by atoms with Gasteiger partial charge in [0, 0.05) is 50.8 Å². The van der Waals surface area contributed by atoms with Crippen molar-refractivity contribution in [2.75, 3.05) is 0 Å². The molecule has 0 saturated carbocycles. The second-order valence-corrected chi connectivity index (χ2v) is 14.1. The van der Waals surface area contributed by atoms with Crippen LogP contribution in [0.15, 0.2) is 61.3 Å². The Kier molecular flexibility index (Phi) is 9.66. The minimum Gasteiger partial charge on any atom is -0.135 e. The van der Waals surface area contributed by atoms with Gasteiger partial charge in [0.05, 0.1) is 0 Å². The molecule has 5 rings (SSSR count). The smallest absolute Gasteiger partial charge is 0.0448 e. The summed E-state index contributed by atoms with van der Waals surface area (Å²) in [6.45, 7) is 23.7. The number of hydrogen-bond acceptors (Lipinski definition) is 3. The van der Waals surface area contributed by atoms with Crippen LogP contribution in [0.4, 0.5) is 0 Å². The molecule has 0 aliphatic heterocycles. The third-order valence-electron chi connectivity index (χ3n) is 7.80. The summed E-state index contributed by atoms with van der Waals surface area (Å²) in [6, 6.07) is 0. The highest BCUT2D eigenvalue weighted by molar-refractivity contribution is 7.15. The van der Waals surface area contributed by atoms with E-state index < -0.39 is 0 Å². The highest BCUT2D eigenvalue weighted by Gasteiger charge is 2.25. The monoisotopic (exact) mass is 616 g/mol. The molecule has 0 N–H and O–H groups in total. The van der Waals surface area contributed by atoms with Gasteiger partial charge in [0.2, 0.25) is 0 Å². The summed E-state index contributed by atoms with van der Waals surface area (Å²) in [5, 5.41) is 2.31. The fourth-order valence-corrected chi connectivity index (χ4v) is 9.55. The van der Waals surface area contributed by atoms with Gasteiger partial charge in [-0.05, 0) is 79.3 Å². The van der Waals surface area contributed by atoms with Gasteiger partial charge in [-0.2, -0.15) is 0 Å². The van der Waals surface area contributed by atoms with Gasteiger partial charge in [0.15, 0.2) is 0 Å². The molecule has 0 aromatic carbocycles. The molecule has 1 atom stereocenters. The minimum absolute atomic E-state index is 0.431. The van der Waals surface area contributed by atoms with Crippen LogP contribution in [0.3, 0.4) is 0 Å². The zero-order chi connectivity index (χ0) is 30.7. The van der Waals surface area contributed by atoms with Crippen LogP contribution in [0.2, 0.25) is 0 Å². The van der Waals surface area contributed by atoms with Crippen LogP contribution < -0.4 is 19.5 Å². The van der Waals surface area contributed by atoms with Crippen molar-refractivity contribution in [3.63, 3.8) is 0 Å². The second-order valence-electron chi connectivity index (χ2n) is 10.9. The van der Waals surface area contributed by atoms with Gasteiger partial charge in [-0.3, -0.25) is 0 Å². The van der Waals surface area contributed by atoms with Gasteiger partial charge < -0.3 is 0 Å². The SMILES string of the molecule is C=C/C=c1/sc(C(/C=C\CC)=c2\sc(/C=C\C)c(C=C)c2=C)c(C2=CCC(C)=Cc3c2sc2c3C=CC(C)C=C2)/c1=C/C. The Morgan fingerprint density at radius 1 is 1.07 bits per heavy atom. The predicted octanol–water partition coefficient (Wildman–Crippen LogP) is 9.80. The van der Waals surface area contributed by atoms with Crippen LogP contribution in [-0.2, 0) is 0 Å². The van der Waals surface area contributed by atoms with Gasteiger partial charge in [-0.1, -0.05) is 106 Å². The van der Waals surface area contributed by atoms with Crippen molar-refractivity contribution in [1.29, 1.82) is 0 Å². The first-order valence-electron chi connectivity index (χ1n) is 15.0. The summed E-state index contributed by atoms with van der Waals surface area (Å²) >= 11 is 5.58. The first-order valence-corrected chi connectivity index (χ1v) is 17.4. The molecule has 0 amide bonds. The number of rotatable bonds is 7. The normalized spacial score (nSPS) is 18.0. The Labute approximate surface area is 268 Å². The molecule has 3 heterocycles. The van der Waals surface area contributed by atoms with E-state index in [4.69, 9.17) is 0 Å². The largest absolute Gasteiger partial charge is 0.135 e. The van der Waals surface area contributed by atoms with E-state index >= 15 is 0 Å². The molecule has 0 bridgehead atoms. The molecule has 1 unspecified atom stereocenters. The fourth-order valence-electron chi connectivity index (χ4n) is 5.68. The number of fused-ring (bicyclic) bond motifs is 3. The lowest BCUT2D eigenvalue weighted by Gasteiger charge is -2.11. The average molecular weight is 617 g/mol. The molecule has 3 aromatic heterocycles. The van der Waals surface area contributed by atoms with Crippen LogP contribution in [-0.4, -0.2) is 0 Å². The van der Waals surface area contributed by atoms with Crippen molar-refractivity contribution in [2.24, 2.45) is 5.92 Å². The van der Waals surface area contributed by atoms with E-state index in [1.807, 2.05) is 34.8 Å². The number of hydrogen-bond donors (Lipinski definition) is 0. The zero-order valence-corrected chi connectivity index (χ0v) is 28.4. The van der Waals surface area contributed by atoms with Crippen LogP contribution in [0.1, 0.15) is 89.2 Å². The Morgan fingerprint density at radius 3 is 2.56 bits per heavy atom. The van der Waals surface area contributed by atoms with E-state index in [0.29, 0.717) is 5.92 Å². The van der Waals surface area contributed by atoms with Gasteiger partial charge in [0.25, 0.3) is 0 Å². The molecule has 3 aromatic rings. The van der Waals surface area contributed by atoms with Crippen LogP contribution in [0.25, 0.3) is 60.3 Å². The molecule has 0 nitrogen and oxygen atoms in total. The highest BCUT2D eigenvalue weighted by Crippen LogP contribution is 2.44. The van der Waals surface area contributed by atoms with E-state index in [-0.39, 0.29) is 0 Å². The van der Waals surface area contributed by atoms with Gasteiger partial charge in [-0.15, -0.1) is 34.0 Å². The molecule has 0 fully saturated rings. The van der Waals surface area contributed by atoms with Crippen molar-refractivity contribution < 1.29 is 0 Å². The van der Waals surface area contributed by atoms with E-state index in [2.05, 4.69) is 127 Å². The van der Waals surface area contributed by atoms with Crippen LogP contribution >= 0.6 is 34.0 Å². The molecule has 43 heavy (non-hydrogen) atoms. The van der Waals surface area contributed by atoms with Crippen molar-refractivity contribution in [3.8, 4) is 0 Å². The fraction of sp³-hybridized carbons (Fsp3) is 0.200. The number of thiophene rings is 3. The molecule has 0 radical (unpaired) electrons. The lowest BCUT2D eigenvalue weighted by molar-refractivity contribution is 0.954. The maximum atomic E-state index is 4.58. The van der Waals surface area contributed by atoms with E-state index in [0.717, 1.165) is 23.6 Å². The second kappa shape index (κ2) is 13.4. The third-order valence-corrected chi connectivity index (χ3v) is 11.5. The summed E-state index contributed by atoms with van der Waals surface area (Å²) in [7, 11) is 0. The molecule has 2 aliphatic carbocycles. The first kappa shape index (κ1) is 30.9. The standard InChI is InChI=1S/C40H40S3/c1-9-14-17-32(38-27(8)28(12-4)34(41-38)15-10-2)40-37(29(13-5)35(43-40)16-11-3)31-22-19-26(7)24-33-30-21-18-25(6)20-23-36(30)42-39(31)33/h10-18,20-25H,3-4,8-9,19H2,1-2,5-7H3/b15-10-,17-14-,29-13+,35-16+,38-32-. The molecular formula is C40H40S3. The van der Waals surface area contributed by atoms with E-state index in [1.54, 1.807) is 11.3 Å². The zero-order valence-electron chi connectivity index (χ0n) is 25.9. The Balaban J connectivity index is 1.94. The lowest BCUT2D eigenvalue weighted by atomic mass is 9.95. The minimum atomic E-state index is 0.431. The van der Waals surface area contributed by atoms with Crippen LogP contribution in [0, 0.1) is 5.92 Å². The summed E-state index contributed by atoms with van der Waals surface area (Å²) in [5.41, 5.74) is 9.02. The third kappa shape index (κ3) is 5.87. The Hall–Kier alpha value is -3.50. The Bertz CT molecular complexity index is 2020. The number of allylic oxidation sites excluding steroid dienone is 8. The average Bonchev–Trinajstić information content (AvgIpc) is 3.53. The summed E-state index contributed by atoms with van der Waals surface area (Å²) in [5.74, 6) is 0.431.